The van der Waals surface area contributed by atoms with Crippen LogP contribution in [-0.2, 0) is 9.47 Å². The Hall–Kier alpha value is -2.18. The molecule has 0 radical (unpaired) electrons. The van der Waals surface area contributed by atoms with Gasteiger partial charge in [-0.15, -0.1) is 0 Å². The molecule has 19 heavy (non-hydrogen) atoms. The lowest BCUT2D eigenvalue weighted by molar-refractivity contribution is -0.0441. The van der Waals surface area contributed by atoms with Gasteiger partial charge in [-0.25, -0.2) is 9.48 Å². The van der Waals surface area contributed by atoms with Crippen LogP contribution in [0.4, 0.5) is 0 Å². The number of hydrogen-bond acceptors (Lipinski definition) is 4. The summed E-state index contributed by atoms with van der Waals surface area (Å²) >= 11 is 0. The third kappa shape index (κ3) is 2.35. The van der Waals surface area contributed by atoms with Gasteiger partial charge in [-0.3, -0.25) is 0 Å². The second-order valence-corrected chi connectivity index (χ2v) is 4.12. The van der Waals surface area contributed by atoms with Gasteiger partial charge in [-0.2, -0.15) is 5.10 Å². The van der Waals surface area contributed by atoms with Crippen LogP contribution in [0.1, 0.15) is 22.3 Å². The van der Waals surface area contributed by atoms with Gasteiger partial charge in [0.2, 0.25) is 0 Å². The summed E-state index contributed by atoms with van der Waals surface area (Å²) < 4.78 is 12.3. The van der Waals surface area contributed by atoms with Crippen molar-refractivity contribution in [2.45, 2.75) is 6.29 Å². The molecule has 0 amide bonds. The van der Waals surface area contributed by atoms with Crippen molar-refractivity contribution in [2.24, 2.45) is 0 Å². The predicted molar refractivity (Wildman–Crippen MR) is 65.2 cm³/mol. The molecule has 1 saturated heterocycles. The number of carboxylic acids is 1. The normalized spacial score (nSPS) is 15.8. The number of carbonyl (C=O) groups is 1. The lowest BCUT2D eigenvalue weighted by Gasteiger charge is -2.09. The predicted octanol–water partition coefficient (Wildman–Crippen LogP) is 1.62. The smallest absolute Gasteiger partial charge is 0.356 e. The minimum Gasteiger partial charge on any atom is -0.476 e. The Morgan fingerprint density at radius 3 is 2.47 bits per heavy atom. The molecule has 1 aliphatic heterocycles. The van der Waals surface area contributed by atoms with E-state index in [9.17, 15) is 4.79 Å². The first-order chi connectivity index (χ1) is 9.24. The summed E-state index contributed by atoms with van der Waals surface area (Å²) in [6.07, 6.45) is 1.31. The second-order valence-electron chi connectivity index (χ2n) is 4.12. The number of carboxylic acid groups (broad SMARTS) is 1. The monoisotopic (exact) mass is 260 g/mol. The van der Waals surface area contributed by atoms with E-state index >= 15 is 0 Å². The van der Waals surface area contributed by atoms with Gasteiger partial charge in [0, 0.05) is 11.8 Å². The molecular formula is C13H12N2O4. The van der Waals surface area contributed by atoms with Crippen LogP contribution in [0, 0.1) is 0 Å². The summed E-state index contributed by atoms with van der Waals surface area (Å²) in [6.45, 7) is 1.21. The quantitative estimate of drug-likeness (QED) is 0.907. The van der Waals surface area contributed by atoms with Crippen LogP contribution in [0.25, 0.3) is 5.69 Å². The van der Waals surface area contributed by atoms with Gasteiger partial charge in [0.1, 0.15) is 0 Å². The standard InChI is InChI=1S/C13H12N2O4/c16-12(17)11-5-6-15(14-11)10-3-1-9(2-4-10)13-18-7-8-19-13/h1-6,13H,7-8H2,(H,16,17). The fourth-order valence-corrected chi connectivity index (χ4v) is 1.92. The molecular weight excluding hydrogens is 248 g/mol. The molecule has 6 heteroatoms. The zero-order chi connectivity index (χ0) is 13.2. The first kappa shape index (κ1) is 11.9. The molecule has 0 unspecified atom stereocenters. The van der Waals surface area contributed by atoms with Crippen LogP contribution >= 0.6 is 0 Å². The summed E-state index contributed by atoms with van der Waals surface area (Å²) in [6, 6.07) is 8.92. The number of aromatic carboxylic acids is 1. The SMILES string of the molecule is O=C(O)c1ccn(-c2ccc(C3OCCO3)cc2)n1. The largest absolute Gasteiger partial charge is 0.476 e. The fourth-order valence-electron chi connectivity index (χ4n) is 1.92. The Bertz CT molecular complexity index is 585. The molecule has 2 aromatic rings. The number of benzene rings is 1. The number of rotatable bonds is 3. The highest BCUT2D eigenvalue weighted by Gasteiger charge is 2.18. The summed E-state index contributed by atoms with van der Waals surface area (Å²) in [4.78, 5) is 10.8. The highest BCUT2D eigenvalue weighted by Crippen LogP contribution is 2.23. The Kier molecular flexibility index (Phi) is 3.02. The summed E-state index contributed by atoms with van der Waals surface area (Å²) in [5.41, 5.74) is 1.74. The van der Waals surface area contributed by atoms with Gasteiger partial charge < -0.3 is 14.6 Å². The highest BCUT2D eigenvalue weighted by molar-refractivity contribution is 5.85. The molecule has 0 spiro atoms. The van der Waals surface area contributed by atoms with E-state index in [1.165, 1.54) is 10.7 Å². The van der Waals surface area contributed by atoms with E-state index in [-0.39, 0.29) is 12.0 Å². The minimum atomic E-state index is -1.04. The van der Waals surface area contributed by atoms with Crippen LogP contribution in [0.15, 0.2) is 36.5 Å². The summed E-state index contributed by atoms with van der Waals surface area (Å²) in [5.74, 6) is -1.04. The van der Waals surface area contributed by atoms with Crippen molar-refractivity contribution in [3.05, 3.63) is 47.8 Å². The molecule has 1 fully saturated rings. The Labute approximate surface area is 109 Å². The van der Waals surface area contributed by atoms with E-state index < -0.39 is 5.97 Å². The van der Waals surface area contributed by atoms with Crippen molar-refractivity contribution < 1.29 is 19.4 Å². The van der Waals surface area contributed by atoms with Crippen molar-refractivity contribution in [3.8, 4) is 5.69 Å². The van der Waals surface area contributed by atoms with E-state index in [0.717, 1.165) is 11.3 Å². The van der Waals surface area contributed by atoms with Crippen molar-refractivity contribution >= 4 is 5.97 Å². The molecule has 0 saturated carbocycles. The maximum Gasteiger partial charge on any atom is 0.356 e. The number of aromatic nitrogens is 2. The van der Waals surface area contributed by atoms with Gasteiger partial charge in [0.05, 0.1) is 18.9 Å². The van der Waals surface area contributed by atoms with Crippen molar-refractivity contribution in [2.75, 3.05) is 13.2 Å². The molecule has 1 N–H and O–H groups in total. The average molecular weight is 260 g/mol. The first-order valence-electron chi connectivity index (χ1n) is 5.86. The topological polar surface area (TPSA) is 73.6 Å². The van der Waals surface area contributed by atoms with E-state index in [1.807, 2.05) is 24.3 Å². The third-order valence-corrected chi connectivity index (χ3v) is 2.86. The number of nitrogens with zero attached hydrogens (tertiary/aromatic N) is 2. The zero-order valence-electron chi connectivity index (χ0n) is 10.0. The molecule has 3 rings (SSSR count). The minimum absolute atomic E-state index is 0.0199. The van der Waals surface area contributed by atoms with Crippen LogP contribution in [0.3, 0.4) is 0 Å². The lowest BCUT2D eigenvalue weighted by Crippen LogP contribution is -2.02. The van der Waals surface area contributed by atoms with Gasteiger partial charge >= 0.3 is 5.97 Å². The molecule has 0 aliphatic carbocycles. The lowest BCUT2D eigenvalue weighted by atomic mass is 10.2. The number of ether oxygens (including phenoxy) is 2. The molecule has 2 heterocycles. The van der Waals surface area contributed by atoms with E-state index in [4.69, 9.17) is 14.6 Å². The van der Waals surface area contributed by atoms with Gasteiger partial charge in [0.15, 0.2) is 12.0 Å². The Morgan fingerprint density at radius 1 is 1.21 bits per heavy atom. The Balaban J connectivity index is 1.82. The number of hydrogen-bond donors (Lipinski definition) is 1. The van der Waals surface area contributed by atoms with Crippen molar-refractivity contribution in [3.63, 3.8) is 0 Å². The third-order valence-electron chi connectivity index (χ3n) is 2.86. The highest BCUT2D eigenvalue weighted by atomic mass is 16.7. The van der Waals surface area contributed by atoms with Gasteiger partial charge in [0.25, 0.3) is 0 Å². The summed E-state index contributed by atoms with van der Waals surface area (Å²) in [5, 5.41) is 12.8. The molecule has 0 atom stereocenters. The fraction of sp³-hybridized carbons (Fsp3) is 0.231. The average Bonchev–Trinajstić information content (AvgIpc) is 3.11. The molecule has 98 valence electrons. The molecule has 0 bridgehead atoms. The van der Waals surface area contributed by atoms with E-state index in [0.29, 0.717) is 13.2 Å². The van der Waals surface area contributed by atoms with Crippen molar-refractivity contribution in [1.82, 2.24) is 9.78 Å². The Morgan fingerprint density at radius 2 is 1.89 bits per heavy atom. The van der Waals surface area contributed by atoms with E-state index in [1.54, 1.807) is 6.20 Å². The maximum absolute atomic E-state index is 10.8. The van der Waals surface area contributed by atoms with Crippen molar-refractivity contribution in [1.29, 1.82) is 0 Å². The molecule has 1 aromatic carbocycles. The van der Waals surface area contributed by atoms with Crippen LogP contribution in [0.5, 0.6) is 0 Å². The van der Waals surface area contributed by atoms with E-state index in [2.05, 4.69) is 5.10 Å². The van der Waals surface area contributed by atoms with Gasteiger partial charge in [-0.05, 0) is 18.2 Å². The second kappa shape index (κ2) is 4.83. The maximum atomic E-state index is 10.8. The van der Waals surface area contributed by atoms with Crippen LogP contribution in [-0.4, -0.2) is 34.1 Å². The first-order valence-corrected chi connectivity index (χ1v) is 5.86. The molecule has 6 nitrogen and oxygen atoms in total. The van der Waals surface area contributed by atoms with Gasteiger partial charge in [-0.1, -0.05) is 12.1 Å². The zero-order valence-corrected chi connectivity index (χ0v) is 10.0. The molecule has 1 aromatic heterocycles. The molecule has 1 aliphatic rings. The summed E-state index contributed by atoms with van der Waals surface area (Å²) in [7, 11) is 0. The van der Waals surface area contributed by atoms with Crippen LogP contribution in [0.2, 0.25) is 0 Å². The van der Waals surface area contributed by atoms with Crippen LogP contribution < -0.4 is 0 Å².